The molecule has 1 aliphatic heterocycles. The summed E-state index contributed by atoms with van der Waals surface area (Å²) in [7, 11) is 0. The highest BCUT2D eigenvalue weighted by atomic mass is 19.3. The first-order chi connectivity index (χ1) is 12.0. The minimum absolute atomic E-state index is 0.115. The van der Waals surface area contributed by atoms with E-state index in [4.69, 9.17) is 0 Å². The molecule has 1 aliphatic rings. The highest BCUT2D eigenvalue weighted by molar-refractivity contribution is 6.06. The van der Waals surface area contributed by atoms with Crippen LogP contribution >= 0.6 is 0 Å². The zero-order valence-electron chi connectivity index (χ0n) is 13.0. The largest absolute Gasteiger partial charge is 0.433 e. The van der Waals surface area contributed by atoms with Gasteiger partial charge in [-0.15, -0.1) is 0 Å². The Hall–Kier alpha value is -3.16. The van der Waals surface area contributed by atoms with Crippen molar-refractivity contribution in [2.75, 3.05) is 16.0 Å². The van der Waals surface area contributed by atoms with Crippen LogP contribution in [0.5, 0.6) is 5.75 Å². The second kappa shape index (κ2) is 7.16. The Morgan fingerprint density at radius 2 is 1.80 bits per heavy atom. The third kappa shape index (κ3) is 4.03. The molecular weight excluding hydrogens is 332 g/mol. The van der Waals surface area contributed by atoms with E-state index in [9.17, 15) is 18.4 Å². The number of fused-ring (bicyclic) bond motifs is 1. The number of halogens is 2. The van der Waals surface area contributed by atoms with Gasteiger partial charge < -0.3 is 20.7 Å². The number of nitrogens with one attached hydrogen (secondary N) is 3. The highest BCUT2D eigenvalue weighted by Crippen LogP contribution is 2.28. The van der Waals surface area contributed by atoms with E-state index in [2.05, 4.69) is 20.7 Å². The lowest BCUT2D eigenvalue weighted by molar-refractivity contribution is -0.122. The summed E-state index contributed by atoms with van der Waals surface area (Å²) in [5, 5.41) is 8.19. The second-order valence-electron chi connectivity index (χ2n) is 5.36. The monoisotopic (exact) mass is 347 g/mol. The fourth-order valence-corrected chi connectivity index (χ4v) is 2.49. The number of carbonyl (C=O) groups excluding carboxylic acids is 2. The van der Waals surface area contributed by atoms with Gasteiger partial charge in [0.25, 0.3) is 0 Å². The van der Waals surface area contributed by atoms with Gasteiger partial charge in [0.1, 0.15) is 11.8 Å². The Bertz CT molecular complexity index is 798. The minimum Gasteiger partial charge on any atom is -0.433 e. The van der Waals surface area contributed by atoms with Crippen LogP contribution in [-0.4, -0.2) is 24.5 Å². The van der Waals surface area contributed by atoms with E-state index in [-0.39, 0.29) is 23.8 Å². The molecule has 0 saturated carbocycles. The van der Waals surface area contributed by atoms with Gasteiger partial charge in [0.05, 0.1) is 23.5 Å². The fraction of sp³-hybridized carbons (Fsp3) is 0.176. The molecule has 130 valence electrons. The van der Waals surface area contributed by atoms with Gasteiger partial charge in [0.2, 0.25) is 11.8 Å². The van der Waals surface area contributed by atoms with E-state index in [1.54, 1.807) is 30.3 Å². The number of benzene rings is 2. The maximum atomic E-state index is 12.4. The molecule has 3 rings (SSSR count). The Morgan fingerprint density at radius 1 is 1.12 bits per heavy atom. The molecule has 2 aromatic rings. The van der Waals surface area contributed by atoms with Crippen LogP contribution in [0.1, 0.15) is 6.42 Å². The van der Waals surface area contributed by atoms with E-state index < -0.39 is 18.6 Å². The standard InChI is InChI=1S/C17H15F2N3O3/c18-17(19)25-14-8-4-3-7-12(14)21-15(23)9-13-16(24)22-11-6-2-1-5-10(11)20-13/h1-8,13,17,20H,9H2,(H,21,23)(H,22,24)/t13-/m1/s1. The lowest BCUT2D eigenvalue weighted by Crippen LogP contribution is -2.41. The zero-order valence-corrected chi connectivity index (χ0v) is 13.0. The van der Waals surface area contributed by atoms with E-state index in [1.165, 1.54) is 18.2 Å². The van der Waals surface area contributed by atoms with E-state index in [0.717, 1.165) is 0 Å². The molecule has 1 heterocycles. The van der Waals surface area contributed by atoms with Gasteiger partial charge in [0, 0.05) is 0 Å². The topological polar surface area (TPSA) is 79.5 Å². The molecule has 0 unspecified atom stereocenters. The average molecular weight is 347 g/mol. The van der Waals surface area contributed by atoms with Crippen molar-refractivity contribution >= 4 is 28.9 Å². The summed E-state index contributed by atoms with van der Waals surface area (Å²) < 4.78 is 29.2. The Kier molecular flexibility index (Phi) is 4.78. The normalized spacial score (nSPS) is 15.8. The van der Waals surface area contributed by atoms with Gasteiger partial charge >= 0.3 is 6.61 Å². The predicted octanol–water partition coefficient (Wildman–Crippen LogP) is 3.05. The summed E-state index contributed by atoms with van der Waals surface area (Å²) in [6.07, 6.45) is -0.164. The molecule has 0 spiro atoms. The third-order valence-electron chi connectivity index (χ3n) is 3.60. The van der Waals surface area contributed by atoms with Gasteiger partial charge in [0.15, 0.2) is 0 Å². The number of hydrogen-bond acceptors (Lipinski definition) is 4. The highest BCUT2D eigenvalue weighted by Gasteiger charge is 2.27. The van der Waals surface area contributed by atoms with Crippen molar-refractivity contribution < 1.29 is 23.1 Å². The molecular formula is C17H15F2N3O3. The molecule has 0 aliphatic carbocycles. The molecule has 0 saturated heterocycles. The van der Waals surface area contributed by atoms with Crippen LogP contribution in [0.4, 0.5) is 25.8 Å². The summed E-state index contributed by atoms with van der Waals surface area (Å²) >= 11 is 0. The molecule has 3 N–H and O–H groups in total. The van der Waals surface area contributed by atoms with Crippen LogP contribution in [0.3, 0.4) is 0 Å². The number of ether oxygens (including phenoxy) is 1. The SMILES string of the molecule is O=C(C[C@H]1Nc2ccccc2NC1=O)Nc1ccccc1OC(F)F. The first-order valence-corrected chi connectivity index (χ1v) is 7.53. The van der Waals surface area contributed by atoms with Gasteiger partial charge in [-0.3, -0.25) is 9.59 Å². The number of hydrogen-bond donors (Lipinski definition) is 3. The summed E-state index contributed by atoms with van der Waals surface area (Å²) in [6.45, 7) is -3.00. The molecule has 6 nitrogen and oxygen atoms in total. The molecule has 0 aromatic heterocycles. The zero-order chi connectivity index (χ0) is 17.8. The molecule has 2 amide bonds. The Balaban J connectivity index is 1.67. The van der Waals surface area contributed by atoms with Crippen molar-refractivity contribution in [3.05, 3.63) is 48.5 Å². The molecule has 25 heavy (non-hydrogen) atoms. The van der Waals surface area contributed by atoms with Crippen molar-refractivity contribution in [3.8, 4) is 5.75 Å². The van der Waals surface area contributed by atoms with Crippen molar-refractivity contribution in [1.82, 2.24) is 0 Å². The number of anilines is 3. The quantitative estimate of drug-likeness (QED) is 0.777. The molecule has 1 atom stereocenters. The predicted molar refractivity (Wildman–Crippen MR) is 88.8 cm³/mol. The summed E-state index contributed by atoms with van der Waals surface area (Å²) in [5.74, 6) is -0.986. The number of alkyl halides is 2. The van der Waals surface area contributed by atoms with Crippen LogP contribution in [0, 0.1) is 0 Å². The van der Waals surface area contributed by atoms with Gasteiger partial charge in [-0.25, -0.2) is 0 Å². The van der Waals surface area contributed by atoms with Gasteiger partial charge in [-0.2, -0.15) is 8.78 Å². The Morgan fingerprint density at radius 3 is 2.56 bits per heavy atom. The van der Waals surface area contributed by atoms with Crippen LogP contribution in [-0.2, 0) is 9.59 Å². The fourth-order valence-electron chi connectivity index (χ4n) is 2.49. The van der Waals surface area contributed by atoms with Crippen molar-refractivity contribution in [1.29, 1.82) is 0 Å². The van der Waals surface area contributed by atoms with Gasteiger partial charge in [-0.1, -0.05) is 24.3 Å². The molecule has 0 radical (unpaired) electrons. The van der Waals surface area contributed by atoms with E-state index >= 15 is 0 Å². The van der Waals surface area contributed by atoms with Crippen molar-refractivity contribution in [2.24, 2.45) is 0 Å². The summed E-state index contributed by atoms with van der Waals surface area (Å²) in [5.41, 5.74) is 1.46. The van der Waals surface area contributed by atoms with Crippen molar-refractivity contribution in [2.45, 2.75) is 19.1 Å². The maximum absolute atomic E-state index is 12.4. The Labute approximate surface area is 142 Å². The number of amides is 2. The third-order valence-corrected chi connectivity index (χ3v) is 3.60. The first kappa shape index (κ1) is 16.7. The van der Waals surface area contributed by atoms with E-state index in [1.807, 2.05) is 0 Å². The van der Waals surface area contributed by atoms with Gasteiger partial charge in [-0.05, 0) is 24.3 Å². The molecule has 2 aromatic carbocycles. The van der Waals surface area contributed by atoms with Crippen molar-refractivity contribution in [3.63, 3.8) is 0 Å². The summed E-state index contributed by atoms with van der Waals surface area (Å²) in [6, 6.07) is 12.2. The smallest absolute Gasteiger partial charge is 0.387 e. The van der Waals surface area contributed by atoms with Crippen LogP contribution in [0.2, 0.25) is 0 Å². The maximum Gasteiger partial charge on any atom is 0.387 e. The number of carbonyl (C=O) groups is 2. The van der Waals surface area contributed by atoms with Crippen LogP contribution in [0.25, 0.3) is 0 Å². The lowest BCUT2D eigenvalue weighted by Gasteiger charge is -2.26. The summed E-state index contributed by atoms with van der Waals surface area (Å²) in [4.78, 5) is 24.3. The molecule has 0 fully saturated rings. The van der Waals surface area contributed by atoms with Crippen LogP contribution in [0.15, 0.2) is 48.5 Å². The number of para-hydroxylation sites is 4. The lowest BCUT2D eigenvalue weighted by atomic mass is 10.1. The molecule has 8 heteroatoms. The number of rotatable bonds is 5. The second-order valence-corrected chi connectivity index (χ2v) is 5.36. The average Bonchev–Trinajstić information content (AvgIpc) is 2.57. The minimum atomic E-state index is -3.00. The first-order valence-electron chi connectivity index (χ1n) is 7.53. The van der Waals surface area contributed by atoms with E-state index in [0.29, 0.717) is 11.4 Å². The van der Waals surface area contributed by atoms with Crippen LogP contribution < -0.4 is 20.7 Å². The molecule has 0 bridgehead atoms.